The second kappa shape index (κ2) is 8.97. The number of amides is 1. The number of carbonyl (C=O) groups is 2. The lowest BCUT2D eigenvalue weighted by Crippen LogP contribution is -2.31. The summed E-state index contributed by atoms with van der Waals surface area (Å²) in [7, 11) is 0. The summed E-state index contributed by atoms with van der Waals surface area (Å²) < 4.78 is 13.1. The Morgan fingerprint density at radius 1 is 1.08 bits per heavy atom. The Morgan fingerprint density at radius 3 is 2.44 bits per heavy atom. The molecule has 1 atom stereocenters. The van der Waals surface area contributed by atoms with E-state index in [2.05, 4.69) is 5.32 Å². The predicted octanol–water partition coefficient (Wildman–Crippen LogP) is 3.45. The van der Waals surface area contributed by atoms with Crippen LogP contribution in [-0.2, 0) is 17.6 Å². The molecule has 0 aliphatic carbocycles. The molecule has 25 heavy (non-hydrogen) atoms. The number of carbonyl (C=O) groups excluding carboxylic acids is 1. The van der Waals surface area contributed by atoms with Crippen LogP contribution in [0.25, 0.3) is 0 Å². The number of halogens is 1. The summed E-state index contributed by atoms with van der Waals surface area (Å²) in [6.45, 7) is 2.30. The molecular formula is C20H22FNO3. The van der Waals surface area contributed by atoms with E-state index in [9.17, 15) is 14.0 Å². The van der Waals surface area contributed by atoms with Crippen LogP contribution in [0.2, 0.25) is 0 Å². The van der Waals surface area contributed by atoms with Gasteiger partial charge in [-0.25, -0.2) is 9.18 Å². The molecule has 1 unspecified atom stereocenters. The number of nitrogens with one attached hydrogen (secondary N) is 1. The minimum absolute atomic E-state index is 0.0502. The summed E-state index contributed by atoms with van der Waals surface area (Å²) in [6.07, 6.45) is 1.86. The van der Waals surface area contributed by atoms with E-state index in [4.69, 9.17) is 5.11 Å². The Hall–Kier alpha value is -2.69. The molecule has 0 spiro atoms. The van der Waals surface area contributed by atoms with E-state index in [0.29, 0.717) is 25.8 Å². The van der Waals surface area contributed by atoms with Gasteiger partial charge in [0.25, 0.3) is 0 Å². The van der Waals surface area contributed by atoms with E-state index in [1.54, 1.807) is 24.3 Å². The number of aryl methyl sites for hydroxylation is 1. The van der Waals surface area contributed by atoms with E-state index in [1.807, 2.05) is 19.1 Å². The van der Waals surface area contributed by atoms with Gasteiger partial charge in [-0.05, 0) is 54.7 Å². The van der Waals surface area contributed by atoms with Crippen molar-refractivity contribution in [3.05, 3.63) is 71.0 Å². The predicted molar refractivity (Wildman–Crippen MR) is 94.0 cm³/mol. The van der Waals surface area contributed by atoms with Crippen LogP contribution in [0, 0.1) is 11.7 Å². The van der Waals surface area contributed by atoms with Gasteiger partial charge in [0.05, 0.1) is 5.56 Å². The van der Waals surface area contributed by atoms with Crippen LogP contribution >= 0.6 is 0 Å². The quantitative estimate of drug-likeness (QED) is 0.771. The van der Waals surface area contributed by atoms with Crippen molar-refractivity contribution < 1.29 is 19.1 Å². The van der Waals surface area contributed by atoms with Gasteiger partial charge in [0.2, 0.25) is 5.91 Å². The van der Waals surface area contributed by atoms with E-state index < -0.39 is 5.97 Å². The number of carboxylic acid groups (broad SMARTS) is 1. The lowest BCUT2D eigenvalue weighted by molar-refractivity contribution is -0.124. The molecule has 2 aromatic rings. The van der Waals surface area contributed by atoms with Gasteiger partial charge in [-0.15, -0.1) is 0 Å². The van der Waals surface area contributed by atoms with Gasteiger partial charge in [0.1, 0.15) is 5.82 Å². The molecule has 1 amide bonds. The molecule has 132 valence electrons. The second-order valence-corrected chi connectivity index (χ2v) is 6.12. The summed E-state index contributed by atoms with van der Waals surface area (Å²) in [5.41, 5.74) is 1.99. The molecular weight excluding hydrogens is 321 g/mol. The number of rotatable bonds is 8. The highest BCUT2D eigenvalue weighted by molar-refractivity contribution is 5.87. The minimum atomic E-state index is -0.961. The highest BCUT2D eigenvalue weighted by Crippen LogP contribution is 2.11. The Labute approximate surface area is 146 Å². The number of carboxylic acids is 1. The first-order valence-corrected chi connectivity index (χ1v) is 8.30. The normalized spacial score (nSPS) is 11.8. The molecule has 0 aliphatic rings. The van der Waals surface area contributed by atoms with E-state index in [1.165, 1.54) is 12.1 Å². The summed E-state index contributed by atoms with van der Waals surface area (Å²) in [6, 6.07) is 13.1. The van der Waals surface area contributed by atoms with E-state index >= 15 is 0 Å². The van der Waals surface area contributed by atoms with Crippen molar-refractivity contribution in [2.24, 2.45) is 5.92 Å². The first-order chi connectivity index (χ1) is 12.0. The van der Waals surface area contributed by atoms with Crippen molar-refractivity contribution >= 4 is 11.9 Å². The average molecular weight is 343 g/mol. The van der Waals surface area contributed by atoms with Gasteiger partial charge in [0, 0.05) is 12.5 Å². The Balaban J connectivity index is 1.76. The smallest absolute Gasteiger partial charge is 0.335 e. The fourth-order valence-corrected chi connectivity index (χ4v) is 2.57. The zero-order valence-electron chi connectivity index (χ0n) is 14.2. The Kier molecular flexibility index (Phi) is 6.69. The molecule has 2 aromatic carbocycles. The number of hydrogen-bond donors (Lipinski definition) is 2. The third kappa shape index (κ3) is 6.03. The first kappa shape index (κ1) is 18.6. The SMILES string of the molecule is CC(CCc1cccc(F)c1)C(=O)NCCc1cccc(C(=O)O)c1. The Bertz CT molecular complexity index is 745. The molecule has 0 saturated carbocycles. The maximum absolute atomic E-state index is 13.1. The molecule has 0 aliphatic heterocycles. The van der Waals surface area contributed by atoms with E-state index in [-0.39, 0.29) is 23.2 Å². The van der Waals surface area contributed by atoms with Crippen molar-refractivity contribution in [2.45, 2.75) is 26.2 Å². The molecule has 0 saturated heterocycles. The van der Waals surface area contributed by atoms with Crippen molar-refractivity contribution in [1.29, 1.82) is 0 Å². The lowest BCUT2D eigenvalue weighted by Gasteiger charge is -2.12. The highest BCUT2D eigenvalue weighted by atomic mass is 19.1. The van der Waals surface area contributed by atoms with Gasteiger partial charge >= 0.3 is 5.97 Å². The van der Waals surface area contributed by atoms with Crippen molar-refractivity contribution in [3.8, 4) is 0 Å². The molecule has 0 aromatic heterocycles. The van der Waals surface area contributed by atoms with Crippen LogP contribution in [0.4, 0.5) is 4.39 Å². The zero-order chi connectivity index (χ0) is 18.2. The summed E-state index contributed by atoms with van der Waals surface area (Å²) in [4.78, 5) is 23.1. The minimum Gasteiger partial charge on any atom is -0.478 e. The fourth-order valence-electron chi connectivity index (χ4n) is 2.57. The zero-order valence-corrected chi connectivity index (χ0v) is 14.2. The van der Waals surface area contributed by atoms with Gasteiger partial charge in [-0.2, -0.15) is 0 Å². The van der Waals surface area contributed by atoms with Crippen molar-refractivity contribution in [3.63, 3.8) is 0 Å². The van der Waals surface area contributed by atoms with Gasteiger partial charge in [-0.3, -0.25) is 4.79 Å². The number of aromatic carboxylic acids is 1. The summed E-state index contributed by atoms with van der Waals surface area (Å²) >= 11 is 0. The average Bonchev–Trinajstić information content (AvgIpc) is 2.60. The molecule has 0 bridgehead atoms. The largest absolute Gasteiger partial charge is 0.478 e. The molecule has 2 N–H and O–H groups in total. The Morgan fingerprint density at radius 2 is 1.76 bits per heavy atom. The number of hydrogen-bond acceptors (Lipinski definition) is 2. The van der Waals surface area contributed by atoms with Crippen molar-refractivity contribution in [1.82, 2.24) is 5.32 Å². The van der Waals surface area contributed by atoms with Crippen LogP contribution in [0.5, 0.6) is 0 Å². The second-order valence-electron chi connectivity index (χ2n) is 6.12. The van der Waals surface area contributed by atoms with Crippen LogP contribution in [0.15, 0.2) is 48.5 Å². The molecule has 0 fully saturated rings. The van der Waals surface area contributed by atoms with Crippen molar-refractivity contribution in [2.75, 3.05) is 6.54 Å². The maximum atomic E-state index is 13.1. The third-order valence-electron chi connectivity index (χ3n) is 4.09. The number of benzene rings is 2. The molecule has 4 nitrogen and oxygen atoms in total. The van der Waals surface area contributed by atoms with Crippen LogP contribution in [0.3, 0.4) is 0 Å². The highest BCUT2D eigenvalue weighted by Gasteiger charge is 2.12. The molecule has 0 heterocycles. The molecule has 2 rings (SSSR count). The third-order valence-corrected chi connectivity index (χ3v) is 4.09. The van der Waals surface area contributed by atoms with Gasteiger partial charge < -0.3 is 10.4 Å². The summed E-state index contributed by atoms with van der Waals surface area (Å²) in [5, 5.41) is 11.8. The standard InChI is InChI=1S/C20H22FNO3/c1-14(8-9-15-5-3-7-18(21)13-15)19(23)22-11-10-16-4-2-6-17(12-16)20(24)25/h2-7,12-14H,8-11H2,1H3,(H,22,23)(H,24,25). The maximum Gasteiger partial charge on any atom is 0.335 e. The lowest BCUT2D eigenvalue weighted by atomic mass is 10.00. The summed E-state index contributed by atoms with van der Waals surface area (Å²) in [5.74, 6) is -1.45. The monoisotopic (exact) mass is 343 g/mol. The van der Waals surface area contributed by atoms with Gasteiger partial charge in [0.15, 0.2) is 0 Å². The molecule has 5 heteroatoms. The van der Waals surface area contributed by atoms with Crippen LogP contribution in [0.1, 0.15) is 34.8 Å². The van der Waals surface area contributed by atoms with Gasteiger partial charge in [-0.1, -0.05) is 31.2 Å². The van der Waals surface area contributed by atoms with Crippen LogP contribution < -0.4 is 5.32 Å². The first-order valence-electron chi connectivity index (χ1n) is 8.30. The molecule has 0 radical (unpaired) electrons. The van der Waals surface area contributed by atoms with Crippen LogP contribution in [-0.4, -0.2) is 23.5 Å². The van der Waals surface area contributed by atoms with E-state index in [0.717, 1.165) is 11.1 Å². The topological polar surface area (TPSA) is 66.4 Å². The fraction of sp³-hybridized carbons (Fsp3) is 0.300.